The summed E-state index contributed by atoms with van der Waals surface area (Å²) in [5, 5.41) is 10.8. The maximum Gasteiger partial charge on any atom is 0.177 e. The molecule has 1 atom stereocenters. The minimum atomic E-state index is 0.0201. The summed E-state index contributed by atoms with van der Waals surface area (Å²) >= 11 is 3.23. The molecule has 0 saturated carbocycles. The first-order chi connectivity index (χ1) is 7.08. The highest BCUT2D eigenvalue weighted by atomic mass is 79.9. The van der Waals surface area contributed by atoms with Crippen molar-refractivity contribution in [3.63, 3.8) is 0 Å². The van der Waals surface area contributed by atoms with Gasteiger partial charge >= 0.3 is 0 Å². The Labute approximate surface area is 96.0 Å². The minimum Gasteiger partial charge on any atom is -0.504 e. The molecule has 0 aliphatic rings. The highest BCUT2D eigenvalue weighted by molar-refractivity contribution is 9.10. The zero-order valence-corrected chi connectivity index (χ0v) is 9.91. The van der Waals surface area contributed by atoms with Crippen LogP contribution in [0.2, 0.25) is 0 Å². The van der Waals surface area contributed by atoms with Crippen LogP contribution in [0, 0.1) is 0 Å². The van der Waals surface area contributed by atoms with Crippen molar-refractivity contribution < 1.29 is 9.52 Å². The zero-order chi connectivity index (χ0) is 11.0. The molecule has 0 spiro atoms. The Balaban J connectivity index is 2.54. The van der Waals surface area contributed by atoms with Gasteiger partial charge in [0.2, 0.25) is 0 Å². The van der Waals surface area contributed by atoms with Gasteiger partial charge in [-0.25, -0.2) is 0 Å². The number of furan rings is 1. The molecule has 3 nitrogen and oxygen atoms in total. The van der Waals surface area contributed by atoms with Gasteiger partial charge in [-0.15, -0.1) is 0 Å². The van der Waals surface area contributed by atoms with Crippen LogP contribution in [0.25, 0.3) is 11.0 Å². The molecule has 3 N–H and O–H groups in total. The lowest BCUT2D eigenvalue weighted by Gasteiger charge is -2.07. The molecule has 0 radical (unpaired) electrons. The van der Waals surface area contributed by atoms with Crippen molar-refractivity contribution in [2.75, 3.05) is 0 Å². The molecule has 1 aromatic heterocycles. The molecule has 0 saturated heterocycles. The molecule has 0 amide bonds. The van der Waals surface area contributed by atoms with E-state index in [2.05, 4.69) is 15.9 Å². The number of hydrogen-bond acceptors (Lipinski definition) is 3. The van der Waals surface area contributed by atoms with E-state index in [4.69, 9.17) is 10.2 Å². The molecule has 80 valence electrons. The first-order valence-electron chi connectivity index (χ1n) is 4.73. The molecule has 1 heterocycles. The second kappa shape index (κ2) is 3.87. The topological polar surface area (TPSA) is 59.4 Å². The van der Waals surface area contributed by atoms with Crippen molar-refractivity contribution in [3.05, 3.63) is 28.4 Å². The maximum atomic E-state index is 9.94. The fourth-order valence-corrected chi connectivity index (χ4v) is 2.02. The molecular weight excluding hydrogens is 258 g/mol. The molecule has 0 fully saturated rings. The summed E-state index contributed by atoms with van der Waals surface area (Å²) in [5.41, 5.74) is 7.02. The third-order valence-electron chi connectivity index (χ3n) is 2.26. The molecule has 1 aromatic carbocycles. The summed E-state index contributed by atoms with van der Waals surface area (Å²) in [6.45, 7) is 1.90. The molecule has 15 heavy (non-hydrogen) atoms. The number of aromatic hydroxyl groups is 1. The molecule has 0 bridgehead atoms. The molecule has 0 aliphatic heterocycles. The van der Waals surface area contributed by atoms with Crippen LogP contribution in [0.15, 0.2) is 27.3 Å². The number of fused-ring (bicyclic) bond motifs is 1. The van der Waals surface area contributed by atoms with E-state index in [1.165, 1.54) is 0 Å². The average Bonchev–Trinajstić information content (AvgIpc) is 2.51. The Bertz CT molecular complexity index is 491. The van der Waals surface area contributed by atoms with Crippen molar-refractivity contribution in [1.82, 2.24) is 0 Å². The van der Waals surface area contributed by atoms with Crippen LogP contribution in [0.4, 0.5) is 0 Å². The Morgan fingerprint density at radius 1 is 1.53 bits per heavy atom. The molecule has 0 aliphatic carbocycles. The standard InChI is InChI=1S/C11H12BrNO2/c1-6(13)4-7-2-3-8-5-9(12)15-11(8)10(7)14/h2-3,5-6,14H,4,13H2,1H3. The fraction of sp³-hybridized carbons (Fsp3) is 0.273. The Morgan fingerprint density at radius 3 is 2.93 bits per heavy atom. The second-order valence-electron chi connectivity index (χ2n) is 3.72. The predicted molar refractivity (Wildman–Crippen MR) is 62.9 cm³/mol. The molecule has 4 heteroatoms. The summed E-state index contributed by atoms with van der Waals surface area (Å²) in [5.74, 6) is 0.190. The lowest BCUT2D eigenvalue weighted by molar-refractivity contribution is 0.453. The highest BCUT2D eigenvalue weighted by Crippen LogP contribution is 2.33. The van der Waals surface area contributed by atoms with Gasteiger partial charge in [0.15, 0.2) is 16.0 Å². The van der Waals surface area contributed by atoms with E-state index in [9.17, 15) is 5.11 Å². The number of rotatable bonds is 2. The summed E-state index contributed by atoms with van der Waals surface area (Å²) < 4.78 is 5.96. The summed E-state index contributed by atoms with van der Waals surface area (Å²) in [6.07, 6.45) is 0.639. The number of phenolic OH excluding ortho intramolecular Hbond substituents is 1. The van der Waals surface area contributed by atoms with E-state index in [1.54, 1.807) is 0 Å². The first kappa shape index (κ1) is 10.5. The van der Waals surface area contributed by atoms with Crippen LogP contribution in [0.3, 0.4) is 0 Å². The van der Waals surface area contributed by atoms with Crippen molar-refractivity contribution in [3.8, 4) is 5.75 Å². The minimum absolute atomic E-state index is 0.0201. The van der Waals surface area contributed by atoms with Gasteiger partial charge in [-0.2, -0.15) is 0 Å². The van der Waals surface area contributed by atoms with E-state index in [1.807, 2.05) is 25.1 Å². The average molecular weight is 270 g/mol. The number of hydrogen-bond donors (Lipinski definition) is 2. The van der Waals surface area contributed by atoms with Crippen LogP contribution >= 0.6 is 15.9 Å². The highest BCUT2D eigenvalue weighted by Gasteiger charge is 2.11. The van der Waals surface area contributed by atoms with E-state index < -0.39 is 0 Å². The van der Waals surface area contributed by atoms with Crippen molar-refractivity contribution in [1.29, 1.82) is 0 Å². The third kappa shape index (κ3) is 2.01. The van der Waals surface area contributed by atoms with Gasteiger partial charge in [0.1, 0.15) is 0 Å². The van der Waals surface area contributed by atoms with E-state index in [-0.39, 0.29) is 11.8 Å². The molecule has 2 aromatic rings. The van der Waals surface area contributed by atoms with E-state index in [0.29, 0.717) is 16.7 Å². The van der Waals surface area contributed by atoms with Crippen LogP contribution < -0.4 is 5.73 Å². The van der Waals surface area contributed by atoms with Gasteiger partial charge in [0, 0.05) is 11.4 Å². The number of halogens is 1. The Kier molecular flexibility index (Phi) is 2.71. The lowest BCUT2D eigenvalue weighted by Crippen LogP contribution is -2.17. The number of nitrogens with two attached hydrogens (primary N) is 1. The molecular formula is C11H12BrNO2. The van der Waals surface area contributed by atoms with Gasteiger partial charge in [0.25, 0.3) is 0 Å². The first-order valence-corrected chi connectivity index (χ1v) is 5.52. The summed E-state index contributed by atoms with van der Waals surface area (Å²) in [7, 11) is 0. The zero-order valence-electron chi connectivity index (χ0n) is 8.33. The Morgan fingerprint density at radius 2 is 2.27 bits per heavy atom. The smallest absolute Gasteiger partial charge is 0.177 e. The van der Waals surface area contributed by atoms with Crippen LogP contribution in [0.5, 0.6) is 5.75 Å². The summed E-state index contributed by atoms with van der Waals surface area (Å²) in [4.78, 5) is 0. The quantitative estimate of drug-likeness (QED) is 0.882. The van der Waals surface area contributed by atoms with Gasteiger partial charge in [-0.3, -0.25) is 0 Å². The van der Waals surface area contributed by atoms with Gasteiger partial charge in [0.05, 0.1) is 0 Å². The fourth-order valence-electron chi connectivity index (χ4n) is 1.61. The Hall–Kier alpha value is -1.00. The molecule has 2 rings (SSSR count). The van der Waals surface area contributed by atoms with Crippen molar-refractivity contribution in [2.24, 2.45) is 5.73 Å². The van der Waals surface area contributed by atoms with E-state index in [0.717, 1.165) is 10.9 Å². The largest absolute Gasteiger partial charge is 0.504 e. The van der Waals surface area contributed by atoms with Gasteiger partial charge in [-0.1, -0.05) is 12.1 Å². The number of benzene rings is 1. The van der Waals surface area contributed by atoms with Crippen molar-refractivity contribution in [2.45, 2.75) is 19.4 Å². The van der Waals surface area contributed by atoms with Crippen LogP contribution in [-0.4, -0.2) is 11.1 Å². The summed E-state index contributed by atoms with van der Waals surface area (Å²) in [6, 6.07) is 5.64. The normalized spacial score (nSPS) is 13.3. The van der Waals surface area contributed by atoms with Crippen LogP contribution in [0.1, 0.15) is 12.5 Å². The monoisotopic (exact) mass is 269 g/mol. The SMILES string of the molecule is CC(N)Cc1ccc2cc(Br)oc2c1O. The van der Waals surface area contributed by atoms with Crippen LogP contribution in [-0.2, 0) is 6.42 Å². The maximum absolute atomic E-state index is 9.94. The van der Waals surface area contributed by atoms with Crippen molar-refractivity contribution >= 4 is 26.9 Å². The third-order valence-corrected chi connectivity index (χ3v) is 2.65. The second-order valence-corrected chi connectivity index (χ2v) is 4.51. The predicted octanol–water partition coefficient (Wildman–Crippen LogP) is 2.79. The van der Waals surface area contributed by atoms with Gasteiger partial charge < -0.3 is 15.3 Å². The molecule has 1 unspecified atom stereocenters. The lowest BCUT2D eigenvalue weighted by atomic mass is 10.1. The van der Waals surface area contributed by atoms with E-state index >= 15 is 0 Å². The van der Waals surface area contributed by atoms with Gasteiger partial charge in [-0.05, 0) is 40.9 Å². The number of phenols is 1.